The topological polar surface area (TPSA) is 14.8 Å². The number of rotatable bonds is 5. The maximum absolute atomic E-state index is 2.53. The van der Waals surface area contributed by atoms with Crippen LogP contribution in [0.2, 0.25) is 0 Å². The van der Waals surface area contributed by atoms with Gasteiger partial charge < -0.3 is 13.7 Å². The van der Waals surface area contributed by atoms with Crippen molar-refractivity contribution in [3.8, 4) is 39.3 Å². The Morgan fingerprint density at radius 2 is 0.625 bits per heavy atom. The smallest absolute Gasteiger partial charge is 0.0947 e. The standard InChI is InChI=1S/C60H37N3S/c1-8-25-50-42(16-1)43-17-2-9-26-51(43)61(50)56-36-40(38-32-34-39(35-33-38)41-23-15-24-49-48-22-7-14-31-58(48)64-60(41)49)37-57(62-52-27-10-3-18-44(52)45-19-4-11-28-53(45)62)59(56)63-54-29-12-5-20-46(54)47-21-6-13-30-55(47)63/h1-37H. The molecule has 0 saturated heterocycles. The number of benzene rings is 10. The van der Waals surface area contributed by atoms with E-state index < -0.39 is 0 Å². The van der Waals surface area contributed by atoms with Crippen molar-refractivity contribution in [2.45, 2.75) is 0 Å². The fourth-order valence-corrected chi connectivity index (χ4v) is 11.9. The monoisotopic (exact) mass is 831 g/mol. The highest BCUT2D eigenvalue weighted by Gasteiger charge is 2.26. The molecule has 3 nitrogen and oxygen atoms in total. The number of fused-ring (bicyclic) bond motifs is 12. The molecule has 0 spiro atoms. The fraction of sp³-hybridized carbons (Fsp3) is 0. The molecule has 0 N–H and O–H groups in total. The van der Waals surface area contributed by atoms with E-state index in [1.165, 1.54) is 96.7 Å². The Morgan fingerprint density at radius 1 is 0.266 bits per heavy atom. The van der Waals surface area contributed by atoms with E-state index in [1.807, 2.05) is 11.3 Å². The van der Waals surface area contributed by atoms with Crippen LogP contribution in [0.4, 0.5) is 0 Å². The van der Waals surface area contributed by atoms with Gasteiger partial charge in [-0.25, -0.2) is 0 Å². The zero-order valence-electron chi connectivity index (χ0n) is 34.6. The van der Waals surface area contributed by atoms with Crippen LogP contribution in [0.1, 0.15) is 0 Å². The quantitative estimate of drug-likeness (QED) is 0.164. The maximum atomic E-state index is 2.53. The molecular weight excluding hydrogens is 795 g/mol. The highest BCUT2D eigenvalue weighted by atomic mass is 32.1. The van der Waals surface area contributed by atoms with Crippen LogP contribution in [0.25, 0.3) is 125 Å². The van der Waals surface area contributed by atoms with Gasteiger partial charge in [-0.3, -0.25) is 0 Å². The van der Waals surface area contributed by atoms with Crippen LogP contribution >= 0.6 is 11.3 Å². The molecule has 14 rings (SSSR count). The molecular formula is C60H37N3S. The third kappa shape index (κ3) is 5.03. The van der Waals surface area contributed by atoms with E-state index in [0.29, 0.717) is 0 Å². The Hall–Kier alpha value is -8.18. The molecule has 0 unspecified atom stereocenters. The van der Waals surface area contributed by atoms with Crippen LogP contribution in [0.3, 0.4) is 0 Å². The molecule has 0 aliphatic rings. The number of nitrogens with zero attached hydrogens (tertiary/aromatic N) is 3. The first-order chi connectivity index (χ1) is 31.8. The Balaban J connectivity index is 1.13. The van der Waals surface area contributed by atoms with Gasteiger partial charge in [0.15, 0.2) is 0 Å². The first-order valence-corrected chi connectivity index (χ1v) is 22.7. The van der Waals surface area contributed by atoms with Gasteiger partial charge in [0.25, 0.3) is 0 Å². The number of hydrogen-bond acceptors (Lipinski definition) is 1. The van der Waals surface area contributed by atoms with Crippen LogP contribution in [0.5, 0.6) is 0 Å². The van der Waals surface area contributed by atoms with Crippen LogP contribution < -0.4 is 0 Å². The van der Waals surface area contributed by atoms with Crippen molar-refractivity contribution in [3.63, 3.8) is 0 Å². The van der Waals surface area contributed by atoms with E-state index in [2.05, 4.69) is 238 Å². The first kappa shape index (κ1) is 35.4. The lowest BCUT2D eigenvalue weighted by molar-refractivity contribution is 1.05. The van der Waals surface area contributed by atoms with Crippen molar-refractivity contribution in [1.29, 1.82) is 0 Å². The molecule has 64 heavy (non-hydrogen) atoms. The molecule has 4 heteroatoms. The second-order valence-electron chi connectivity index (χ2n) is 16.8. The van der Waals surface area contributed by atoms with Crippen LogP contribution in [0.15, 0.2) is 224 Å². The molecule has 0 bridgehead atoms. The van der Waals surface area contributed by atoms with E-state index >= 15 is 0 Å². The lowest BCUT2D eigenvalue weighted by Crippen LogP contribution is -2.10. The van der Waals surface area contributed by atoms with Crippen molar-refractivity contribution >= 4 is 96.9 Å². The summed E-state index contributed by atoms with van der Waals surface area (Å²) >= 11 is 1.88. The molecule has 0 radical (unpaired) electrons. The Labute approximate surface area is 372 Å². The minimum absolute atomic E-state index is 1.11. The summed E-state index contributed by atoms with van der Waals surface area (Å²) in [5.74, 6) is 0. The summed E-state index contributed by atoms with van der Waals surface area (Å²) in [5.41, 5.74) is 15.1. The molecule has 298 valence electrons. The van der Waals surface area contributed by atoms with Gasteiger partial charge in [0.2, 0.25) is 0 Å². The normalized spacial score (nSPS) is 12.1. The van der Waals surface area contributed by atoms with Crippen molar-refractivity contribution in [2.24, 2.45) is 0 Å². The van der Waals surface area contributed by atoms with Crippen molar-refractivity contribution in [2.75, 3.05) is 0 Å². The van der Waals surface area contributed by atoms with E-state index in [4.69, 9.17) is 0 Å². The predicted octanol–water partition coefficient (Wildman–Crippen LogP) is 16.7. The van der Waals surface area contributed by atoms with Crippen LogP contribution in [-0.2, 0) is 0 Å². The molecule has 0 aliphatic heterocycles. The van der Waals surface area contributed by atoms with Crippen molar-refractivity contribution < 1.29 is 0 Å². The van der Waals surface area contributed by atoms with Gasteiger partial charge in [0, 0.05) is 52.5 Å². The highest BCUT2D eigenvalue weighted by molar-refractivity contribution is 7.26. The molecule has 0 aliphatic carbocycles. The lowest BCUT2D eigenvalue weighted by Gasteiger charge is -2.24. The van der Waals surface area contributed by atoms with E-state index in [0.717, 1.165) is 28.2 Å². The summed E-state index contributed by atoms with van der Waals surface area (Å²) in [6.07, 6.45) is 0. The van der Waals surface area contributed by atoms with Gasteiger partial charge in [-0.05, 0) is 76.9 Å². The van der Waals surface area contributed by atoms with E-state index in [1.54, 1.807) is 0 Å². The van der Waals surface area contributed by atoms with Gasteiger partial charge >= 0.3 is 0 Å². The lowest BCUT2D eigenvalue weighted by atomic mass is 9.97. The average molecular weight is 832 g/mol. The third-order valence-electron chi connectivity index (χ3n) is 13.4. The summed E-state index contributed by atoms with van der Waals surface area (Å²) in [7, 11) is 0. The maximum Gasteiger partial charge on any atom is 0.0947 e. The Morgan fingerprint density at radius 3 is 1.08 bits per heavy atom. The predicted molar refractivity (Wildman–Crippen MR) is 273 cm³/mol. The second kappa shape index (κ2) is 13.7. The van der Waals surface area contributed by atoms with E-state index in [-0.39, 0.29) is 0 Å². The van der Waals surface area contributed by atoms with Gasteiger partial charge in [0.05, 0.1) is 50.2 Å². The van der Waals surface area contributed by atoms with Crippen molar-refractivity contribution in [1.82, 2.24) is 13.7 Å². The Bertz CT molecular complexity index is 3900. The SMILES string of the molecule is c1ccc2c(c1)sc1c(-c3ccc(-c4cc(-n5c6ccccc6c6ccccc65)c(-n5c6ccccc6c6ccccc65)c(-n5c6ccccc6c6ccccc65)c4)cc3)cccc12. The average Bonchev–Trinajstić information content (AvgIpc) is 4.10. The summed E-state index contributed by atoms with van der Waals surface area (Å²) < 4.78 is 10.2. The Kier molecular flexibility index (Phi) is 7.56. The molecule has 0 amide bonds. The molecule has 14 aromatic rings. The number of hydrogen-bond donors (Lipinski definition) is 0. The van der Waals surface area contributed by atoms with Gasteiger partial charge in [0.1, 0.15) is 0 Å². The molecule has 4 aromatic heterocycles. The molecule has 0 saturated carbocycles. The van der Waals surface area contributed by atoms with Gasteiger partial charge in [-0.15, -0.1) is 11.3 Å². The summed E-state index contributed by atoms with van der Waals surface area (Å²) in [6.45, 7) is 0. The molecule has 4 heterocycles. The second-order valence-corrected chi connectivity index (χ2v) is 17.9. The minimum Gasteiger partial charge on any atom is -0.307 e. The van der Waals surface area contributed by atoms with Gasteiger partial charge in [-0.1, -0.05) is 170 Å². The first-order valence-electron chi connectivity index (χ1n) is 21.9. The molecule has 0 fully saturated rings. The fourth-order valence-electron chi connectivity index (χ4n) is 10.7. The summed E-state index contributed by atoms with van der Waals surface area (Å²) in [6, 6.07) is 82.9. The van der Waals surface area contributed by atoms with Crippen LogP contribution in [0, 0.1) is 0 Å². The summed E-state index contributed by atoms with van der Waals surface area (Å²) in [5, 5.41) is 10.0. The number of thiophene rings is 1. The number of para-hydroxylation sites is 6. The number of aromatic nitrogens is 3. The largest absolute Gasteiger partial charge is 0.307 e. The van der Waals surface area contributed by atoms with Gasteiger partial charge in [-0.2, -0.15) is 0 Å². The summed E-state index contributed by atoms with van der Waals surface area (Å²) in [4.78, 5) is 0. The zero-order chi connectivity index (χ0) is 41.9. The highest BCUT2D eigenvalue weighted by Crippen LogP contribution is 2.46. The minimum atomic E-state index is 1.11. The molecule has 0 atom stereocenters. The molecule has 10 aromatic carbocycles. The zero-order valence-corrected chi connectivity index (χ0v) is 35.4. The third-order valence-corrected chi connectivity index (χ3v) is 14.7. The van der Waals surface area contributed by atoms with Crippen molar-refractivity contribution in [3.05, 3.63) is 224 Å². The van der Waals surface area contributed by atoms with Crippen LogP contribution in [-0.4, -0.2) is 13.7 Å². The van der Waals surface area contributed by atoms with E-state index in [9.17, 15) is 0 Å².